The van der Waals surface area contributed by atoms with Gasteiger partial charge in [-0.05, 0) is 42.7 Å². The van der Waals surface area contributed by atoms with Gasteiger partial charge in [0.25, 0.3) is 5.91 Å². The second kappa shape index (κ2) is 9.73. The fourth-order valence-corrected chi connectivity index (χ4v) is 3.30. The molecular formula is C22H24N2O5. The minimum atomic E-state index is -0.898. The number of carboxylic acids is 1. The van der Waals surface area contributed by atoms with Crippen molar-refractivity contribution in [2.24, 2.45) is 5.92 Å². The van der Waals surface area contributed by atoms with E-state index in [9.17, 15) is 14.4 Å². The van der Waals surface area contributed by atoms with E-state index in [1.54, 1.807) is 41.3 Å². The molecule has 1 aliphatic heterocycles. The SMILES string of the molecule is O=C(O)Cc1ccc(NC(=O)C2CCCN(C(=O)COc3ccccc3)C2)cc1. The Bertz CT molecular complexity index is 851. The number of hydrogen-bond acceptors (Lipinski definition) is 4. The van der Waals surface area contributed by atoms with Gasteiger partial charge in [-0.1, -0.05) is 30.3 Å². The molecule has 152 valence electrons. The van der Waals surface area contributed by atoms with Gasteiger partial charge in [0.15, 0.2) is 6.61 Å². The largest absolute Gasteiger partial charge is 0.484 e. The molecule has 2 aromatic rings. The monoisotopic (exact) mass is 396 g/mol. The van der Waals surface area contributed by atoms with E-state index in [0.717, 1.165) is 6.42 Å². The van der Waals surface area contributed by atoms with Crippen molar-refractivity contribution in [1.82, 2.24) is 4.90 Å². The summed E-state index contributed by atoms with van der Waals surface area (Å²) < 4.78 is 5.52. The van der Waals surface area contributed by atoms with Gasteiger partial charge in [0.1, 0.15) is 5.75 Å². The number of carbonyl (C=O) groups excluding carboxylic acids is 2. The van der Waals surface area contributed by atoms with E-state index in [0.29, 0.717) is 36.5 Å². The zero-order chi connectivity index (χ0) is 20.6. The minimum Gasteiger partial charge on any atom is -0.484 e. The number of amides is 2. The summed E-state index contributed by atoms with van der Waals surface area (Å²) in [5.74, 6) is -0.826. The first-order chi connectivity index (χ1) is 14.0. The summed E-state index contributed by atoms with van der Waals surface area (Å²) in [5, 5.41) is 11.7. The highest BCUT2D eigenvalue weighted by atomic mass is 16.5. The van der Waals surface area contributed by atoms with Crippen LogP contribution in [-0.4, -0.2) is 47.5 Å². The number of ether oxygens (including phenoxy) is 1. The lowest BCUT2D eigenvalue weighted by Gasteiger charge is -2.32. The van der Waals surface area contributed by atoms with E-state index in [1.165, 1.54) is 0 Å². The second-order valence-electron chi connectivity index (χ2n) is 7.04. The van der Waals surface area contributed by atoms with E-state index in [2.05, 4.69) is 5.32 Å². The van der Waals surface area contributed by atoms with Crippen molar-refractivity contribution < 1.29 is 24.2 Å². The maximum atomic E-state index is 12.6. The van der Waals surface area contributed by atoms with Crippen LogP contribution in [-0.2, 0) is 20.8 Å². The Hall–Kier alpha value is -3.35. The maximum absolute atomic E-state index is 12.6. The van der Waals surface area contributed by atoms with Gasteiger partial charge in [-0.15, -0.1) is 0 Å². The fraction of sp³-hybridized carbons (Fsp3) is 0.318. The Morgan fingerprint density at radius 1 is 1.07 bits per heavy atom. The number of aliphatic carboxylic acids is 1. The summed E-state index contributed by atoms with van der Waals surface area (Å²) in [6, 6.07) is 15.9. The number of rotatable bonds is 7. The number of nitrogens with one attached hydrogen (secondary N) is 1. The van der Waals surface area contributed by atoms with Gasteiger partial charge in [-0.3, -0.25) is 14.4 Å². The number of carboxylic acid groups (broad SMARTS) is 1. The first kappa shape index (κ1) is 20.4. The van der Waals surface area contributed by atoms with Gasteiger partial charge in [0, 0.05) is 18.8 Å². The molecule has 2 N–H and O–H groups in total. The highest BCUT2D eigenvalue weighted by molar-refractivity contribution is 5.93. The first-order valence-corrected chi connectivity index (χ1v) is 9.58. The third-order valence-corrected chi connectivity index (χ3v) is 4.83. The molecule has 2 amide bonds. The van der Waals surface area contributed by atoms with Crippen molar-refractivity contribution in [1.29, 1.82) is 0 Å². The lowest BCUT2D eigenvalue weighted by molar-refractivity contribution is -0.137. The molecule has 29 heavy (non-hydrogen) atoms. The zero-order valence-corrected chi connectivity index (χ0v) is 16.0. The first-order valence-electron chi connectivity index (χ1n) is 9.58. The molecule has 1 fully saturated rings. The topological polar surface area (TPSA) is 95.9 Å². The van der Waals surface area contributed by atoms with Gasteiger partial charge < -0.3 is 20.1 Å². The molecule has 0 aliphatic carbocycles. The molecule has 7 heteroatoms. The van der Waals surface area contributed by atoms with Crippen LogP contribution in [0.25, 0.3) is 0 Å². The molecule has 1 atom stereocenters. The van der Waals surface area contributed by atoms with Crippen molar-refractivity contribution in [3.63, 3.8) is 0 Å². The highest BCUT2D eigenvalue weighted by Crippen LogP contribution is 2.20. The number of piperidine rings is 1. The van der Waals surface area contributed by atoms with Crippen LogP contribution in [0, 0.1) is 5.92 Å². The van der Waals surface area contributed by atoms with Crippen LogP contribution < -0.4 is 10.1 Å². The molecule has 0 radical (unpaired) electrons. The van der Waals surface area contributed by atoms with Crippen molar-refractivity contribution in [2.75, 3.05) is 25.0 Å². The lowest BCUT2D eigenvalue weighted by atomic mass is 9.97. The molecular weight excluding hydrogens is 372 g/mol. The van der Waals surface area contributed by atoms with Crippen molar-refractivity contribution in [2.45, 2.75) is 19.3 Å². The molecule has 0 bridgehead atoms. The molecule has 2 aromatic carbocycles. The number of hydrogen-bond donors (Lipinski definition) is 2. The van der Waals surface area contributed by atoms with E-state index < -0.39 is 5.97 Å². The second-order valence-corrected chi connectivity index (χ2v) is 7.04. The Balaban J connectivity index is 1.50. The summed E-state index contributed by atoms with van der Waals surface area (Å²) in [6.07, 6.45) is 1.41. The van der Waals surface area contributed by atoms with E-state index >= 15 is 0 Å². The number of anilines is 1. The summed E-state index contributed by atoms with van der Waals surface area (Å²) in [4.78, 5) is 37.5. The Morgan fingerprint density at radius 3 is 2.48 bits per heavy atom. The Labute approximate surface area is 169 Å². The van der Waals surface area contributed by atoms with Crippen LogP contribution in [0.1, 0.15) is 18.4 Å². The molecule has 7 nitrogen and oxygen atoms in total. The van der Waals surface area contributed by atoms with Gasteiger partial charge in [0.2, 0.25) is 5.91 Å². The molecule has 1 heterocycles. The predicted octanol–water partition coefficient (Wildman–Crippen LogP) is 2.57. The normalized spacial score (nSPS) is 16.1. The van der Waals surface area contributed by atoms with Crippen molar-refractivity contribution in [3.8, 4) is 5.75 Å². The number of carbonyl (C=O) groups is 3. The fourth-order valence-electron chi connectivity index (χ4n) is 3.30. The molecule has 1 aliphatic rings. The predicted molar refractivity (Wildman–Crippen MR) is 108 cm³/mol. The van der Waals surface area contributed by atoms with Gasteiger partial charge in [0.05, 0.1) is 12.3 Å². The van der Waals surface area contributed by atoms with Crippen LogP contribution in [0.5, 0.6) is 5.75 Å². The smallest absolute Gasteiger partial charge is 0.307 e. The average Bonchev–Trinajstić information content (AvgIpc) is 2.74. The summed E-state index contributed by atoms with van der Waals surface area (Å²) in [5.41, 5.74) is 1.28. The van der Waals surface area contributed by atoms with Crippen molar-refractivity contribution in [3.05, 3.63) is 60.2 Å². The Morgan fingerprint density at radius 2 is 1.79 bits per heavy atom. The van der Waals surface area contributed by atoms with E-state index in [4.69, 9.17) is 9.84 Å². The minimum absolute atomic E-state index is 0.0522. The van der Waals surface area contributed by atoms with E-state index in [1.807, 2.05) is 18.2 Å². The maximum Gasteiger partial charge on any atom is 0.307 e. The molecule has 0 saturated carbocycles. The molecule has 0 spiro atoms. The number of benzene rings is 2. The van der Waals surface area contributed by atoms with E-state index in [-0.39, 0.29) is 30.8 Å². The third-order valence-electron chi connectivity index (χ3n) is 4.83. The van der Waals surface area contributed by atoms with Crippen LogP contribution in [0.3, 0.4) is 0 Å². The van der Waals surface area contributed by atoms with Crippen LogP contribution in [0.2, 0.25) is 0 Å². The number of para-hydroxylation sites is 1. The standard InChI is InChI=1S/C22H24N2O5/c25-20(15-29-19-6-2-1-3-7-19)24-12-4-5-17(14-24)22(28)23-18-10-8-16(9-11-18)13-21(26)27/h1-3,6-11,17H,4-5,12-15H2,(H,23,28)(H,26,27). The number of nitrogens with zero attached hydrogens (tertiary/aromatic N) is 1. The number of likely N-dealkylation sites (tertiary alicyclic amines) is 1. The van der Waals surface area contributed by atoms with Crippen LogP contribution in [0.15, 0.2) is 54.6 Å². The molecule has 0 aromatic heterocycles. The van der Waals surface area contributed by atoms with Crippen LogP contribution >= 0.6 is 0 Å². The summed E-state index contributed by atoms with van der Waals surface area (Å²) in [6.45, 7) is 0.925. The van der Waals surface area contributed by atoms with Gasteiger partial charge in [-0.25, -0.2) is 0 Å². The third kappa shape index (κ3) is 6.07. The van der Waals surface area contributed by atoms with Crippen molar-refractivity contribution >= 4 is 23.5 Å². The summed E-state index contributed by atoms with van der Waals surface area (Å²) in [7, 11) is 0. The highest BCUT2D eigenvalue weighted by Gasteiger charge is 2.28. The molecule has 3 rings (SSSR count). The summed E-state index contributed by atoms with van der Waals surface area (Å²) >= 11 is 0. The van der Waals surface area contributed by atoms with Crippen LogP contribution in [0.4, 0.5) is 5.69 Å². The Kier molecular flexibility index (Phi) is 6.84. The quantitative estimate of drug-likeness (QED) is 0.750. The van der Waals surface area contributed by atoms with Gasteiger partial charge >= 0.3 is 5.97 Å². The lowest BCUT2D eigenvalue weighted by Crippen LogP contribution is -2.45. The van der Waals surface area contributed by atoms with Gasteiger partial charge in [-0.2, -0.15) is 0 Å². The zero-order valence-electron chi connectivity index (χ0n) is 16.0. The molecule has 1 saturated heterocycles. The molecule has 1 unspecified atom stereocenters. The average molecular weight is 396 g/mol.